The van der Waals surface area contributed by atoms with E-state index in [0.29, 0.717) is 5.82 Å². The van der Waals surface area contributed by atoms with Gasteiger partial charge in [-0.05, 0) is 23.8 Å². The number of anilines is 1. The van der Waals surface area contributed by atoms with E-state index in [0.717, 1.165) is 24.2 Å². The van der Waals surface area contributed by atoms with Crippen LogP contribution in [0.15, 0.2) is 10.8 Å². The lowest BCUT2D eigenvalue weighted by atomic mass is 9.89. The first-order valence-electron chi connectivity index (χ1n) is 6.48. The molecule has 1 N–H and O–H groups in total. The molecule has 1 aromatic heterocycles. The molecule has 1 rings (SSSR count). The molecule has 2 amide bonds. The van der Waals surface area contributed by atoms with Gasteiger partial charge in [-0.1, -0.05) is 39.3 Å². The number of nitrogens with zero attached hydrogens (tertiary/aromatic N) is 2. The maximum atomic E-state index is 12.0. The predicted octanol–water partition coefficient (Wildman–Crippen LogP) is 3.88. The Morgan fingerprint density at radius 3 is 2.79 bits per heavy atom. The molecule has 0 unspecified atom stereocenters. The predicted molar refractivity (Wildman–Crippen MR) is 79.4 cm³/mol. The van der Waals surface area contributed by atoms with Gasteiger partial charge in [0.05, 0.1) is 0 Å². The fourth-order valence-corrected chi connectivity index (χ4v) is 2.30. The second kappa shape index (κ2) is 6.84. The summed E-state index contributed by atoms with van der Waals surface area (Å²) in [6, 6.07) is -0.180. The van der Waals surface area contributed by atoms with E-state index < -0.39 is 0 Å². The van der Waals surface area contributed by atoms with Crippen LogP contribution in [-0.4, -0.2) is 28.3 Å². The molecule has 0 radical (unpaired) electrons. The summed E-state index contributed by atoms with van der Waals surface area (Å²) >= 11 is 1.51. The molecule has 108 valence electrons. The van der Waals surface area contributed by atoms with E-state index in [1.165, 1.54) is 11.9 Å². The minimum atomic E-state index is -0.180. The fourth-order valence-electron chi connectivity index (χ4n) is 1.44. The van der Waals surface area contributed by atoms with Gasteiger partial charge in [-0.15, -0.1) is 0 Å². The Bertz CT molecular complexity index is 412. The summed E-state index contributed by atoms with van der Waals surface area (Å²) in [5.74, 6) is 1.44. The fraction of sp³-hybridized carbons (Fsp3) is 0.692. The first-order chi connectivity index (χ1) is 8.86. The Hall–Kier alpha value is -1.17. The summed E-state index contributed by atoms with van der Waals surface area (Å²) in [5, 5.41) is 6.64. The highest BCUT2D eigenvalue weighted by Gasteiger charge is 2.23. The summed E-state index contributed by atoms with van der Waals surface area (Å²) in [6.07, 6.45) is 3.80. The number of nitrogens with one attached hydrogen (secondary N) is 1. The molecule has 6 heteroatoms. The van der Waals surface area contributed by atoms with Crippen LogP contribution in [0, 0.1) is 0 Å². The van der Waals surface area contributed by atoms with Crippen molar-refractivity contribution in [1.82, 2.24) is 9.46 Å². The van der Waals surface area contributed by atoms with Crippen molar-refractivity contribution in [2.45, 2.75) is 46.0 Å². The lowest BCUT2D eigenvalue weighted by Gasteiger charge is -2.19. The van der Waals surface area contributed by atoms with Gasteiger partial charge in [0.2, 0.25) is 0 Å². The molecule has 0 saturated heterocycles. The second-order valence-electron chi connectivity index (χ2n) is 5.44. The zero-order valence-corrected chi connectivity index (χ0v) is 13.1. The maximum Gasteiger partial charge on any atom is 0.332 e. The molecule has 1 heterocycles. The number of urea groups is 1. The van der Waals surface area contributed by atoms with E-state index in [1.54, 1.807) is 17.6 Å². The molecule has 0 bridgehead atoms. The monoisotopic (exact) mass is 285 g/mol. The van der Waals surface area contributed by atoms with E-state index in [2.05, 4.69) is 38.2 Å². The van der Waals surface area contributed by atoms with Crippen molar-refractivity contribution in [2.75, 3.05) is 18.1 Å². The van der Waals surface area contributed by atoms with Gasteiger partial charge in [0.15, 0.2) is 5.82 Å². The molecule has 0 spiro atoms. The Labute approximate surface area is 119 Å². The molecule has 0 saturated carbocycles. The summed E-state index contributed by atoms with van der Waals surface area (Å²) in [4.78, 5) is 12.0. The standard InChI is InChI=1S/C13H23N3O2S/c1-6-7-8-19-16(5)12(17)14-11-10(9-18-15-11)13(2,3)4/h9H,6-8H2,1-5H3,(H,14,15,17). The van der Waals surface area contributed by atoms with Gasteiger partial charge >= 0.3 is 6.03 Å². The molecule has 1 aromatic rings. The zero-order chi connectivity index (χ0) is 14.5. The topological polar surface area (TPSA) is 58.4 Å². The van der Waals surface area contributed by atoms with Crippen molar-refractivity contribution < 1.29 is 9.32 Å². The van der Waals surface area contributed by atoms with Crippen LogP contribution in [0.5, 0.6) is 0 Å². The first kappa shape index (κ1) is 15.9. The van der Waals surface area contributed by atoms with E-state index in [4.69, 9.17) is 4.52 Å². The van der Waals surface area contributed by atoms with E-state index in [1.807, 2.05) is 0 Å². The van der Waals surface area contributed by atoms with Gasteiger partial charge in [0, 0.05) is 18.4 Å². The van der Waals surface area contributed by atoms with Crippen molar-refractivity contribution in [3.63, 3.8) is 0 Å². The Kier molecular flexibility index (Phi) is 5.72. The number of hydrogen-bond acceptors (Lipinski definition) is 4. The third-order valence-electron chi connectivity index (χ3n) is 2.67. The molecule has 19 heavy (non-hydrogen) atoms. The van der Waals surface area contributed by atoms with Gasteiger partial charge in [-0.3, -0.25) is 9.62 Å². The number of unbranched alkanes of at least 4 members (excludes halogenated alkanes) is 1. The SMILES string of the molecule is CCCCSN(C)C(=O)Nc1nocc1C(C)(C)C. The van der Waals surface area contributed by atoms with Crippen LogP contribution in [0.4, 0.5) is 10.6 Å². The van der Waals surface area contributed by atoms with Crippen LogP contribution in [-0.2, 0) is 5.41 Å². The van der Waals surface area contributed by atoms with Crippen molar-refractivity contribution in [1.29, 1.82) is 0 Å². The minimum absolute atomic E-state index is 0.115. The number of carbonyl (C=O) groups excluding carboxylic acids is 1. The molecule has 0 aliphatic carbocycles. The van der Waals surface area contributed by atoms with E-state index >= 15 is 0 Å². The lowest BCUT2D eigenvalue weighted by Crippen LogP contribution is -2.27. The van der Waals surface area contributed by atoms with Crippen molar-refractivity contribution in [3.05, 3.63) is 11.8 Å². The Morgan fingerprint density at radius 1 is 1.53 bits per heavy atom. The molecular weight excluding hydrogens is 262 g/mol. The molecular formula is C13H23N3O2S. The first-order valence-corrected chi connectivity index (χ1v) is 7.43. The van der Waals surface area contributed by atoms with Gasteiger partial charge in [-0.2, -0.15) is 0 Å². The Balaban J connectivity index is 2.60. The lowest BCUT2D eigenvalue weighted by molar-refractivity contribution is 0.242. The maximum absolute atomic E-state index is 12.0. The number of rotatable bonds is 5. The van der Waals surface area contributed by atoms with Crippen molar-refractivity contribution in [3.8, 4) is 0 Å². The third kappa shape index (κ3) is 4.78. The van der Waals surface area contributed by atoms with Crippen LogP contribution in [0.25, 0.3) is 0 Å². The highest BCUT2D eigenvalue weighted by atomic mass is 32.2. The molecule has 0 aliphatic heterocycles. The number of aromatic nitrogens is 1. The third-order valence-corrected chi connectivity index (χ3v) is 3.70. The van der Waals surface area contributed by atoms with Crippen LogP contribution in [0.2, 0.25) is 0 Å². The van der Waals surface area contributed by atoms with Gasteiger partial charge in [-0.25, -0.2) is 4.79 Å². The average molecular weight is 285 g/mol. The summed E-state index contributed by atoms with van der Waals surface area (Å²) in [6.45, 7) is 8.28. The van der Waals surface area contributed by atoms with Crippen molar-refractivity contribution in [2.24, 2.45) is 0 Å². The highest BCUT2D eigenvalue weighted by molar-refractivity contribution is 7.97. The second-order valence-corrected chi connectivity index (χ2v) is 6.66. The quantitative estimate of drug-likeness (QED) is 0.658. The number of hydrogen-bond donors (Lipinski definition) is 1. The van der Waals surface area contributed by atoms with E-state index in [9.17, 15) is 4.79 Å². The van der Waals surface area contributed by atoms with Gasteiger partial charge in [0.25, 0.3) is 0 Å². The summed E-state index contributed by atoms with van der Waals surface area (Å²) in [5.41, 5.74) is 0.782. The molecule has 0 atom stereocenters. The van der Waals surface area contributed by atoms with Crippen LogP contribution in [0.3, 0.4) is 0 Å². The molecule has 0 aliphatic rings. The van der Waals surface area contributed by atoms with Crippen LogP contribution in [0.1, 0.15) is 46.1 Å². The highest BCUT2D eigenvalue weighted by Crippen LogP contribution is 2.28. The normalized spacial score (nSPS) is 11.4. The average Bonchev–Trinajstić information content (AvgIpc) is 2.77. The van der Waals surface area contributed by atoms with E-state index in [-0.39, 0.29) is 11.4 Å². The molecule has 5 nitrogen and oxygen atoms in total. The van der Waals surface area contributed by atoms with Crippen molar-refractivity contribution >= 4 is 23.8 Å². The summed E-state index contributed by atoms with van der Waals surface area (Å²) in [7, 11) is 1.76. The molecule has 0 fully saturated rings. The smallest absolute Gasteiger partial charge is 0.332 e. The van der Waals surface area contributed by atoms with Crippen LogP contribution >= 0.6 is 11.9 Å². The number of carbonyl (C=O) groups is 1. The number of amides is 2. The molecule has 0 aromatic carbocycles. The Morgan fingerprint density at radius 2 is 2.21 bits per heavy atom. The van der Waals surface area contributed by atoms with Gasteiger partial charge < -0.3 is 4.52 Å². The largest absolute Gasteiger partial charge is 0.362 e. The van der Waals surface area contributed by atoms with Gasteiger partial charge in [0.1, 0.15) is 6.26 Å². The minimum Gasteiger partial charge on any atom is -0.362 e. The van der Waals surface area contributed by atoms with Crippen LogP contribution < -0.4 is 5.32 Å². The zero-order valence-electron chi connectivity index (χ0n) is 12.3. The summed E-state index contributed by atoms with van der Waals surface area (Å²) < 4.78 is 6.56.